The fourth-order valence-corrected chi connectivity index (χ4v) is 2.37. The molecule has 0 saturated carbocycles. The number of hydrogen-bond donors (Lipinski definition) is 3. The molecule has 0 aliphatic rings. The molecule has 7 heteroatoms. The number of anilines is 2. The second kappa shape index (κ2) is 10.8. The van der Waals surface area contributed by atoms with Gasteiger partial charge in [-0.1, -0.05) is 37.6 Å². The van der Waals surface area contributed by atoms with E-state index in [2.05, 4.69) is 27.5 Å². The van der Waals surface area contributed by atoms with E-state index in [0.717, 1.165) is 30.5 Å². The molecule has 7 nitrogen and oxygen atoms in total. The zero-order valence-corrected chi connectivity index (χ0v) is 17.3. The van der Waals surface area contributed by atoms with Crippen molar-refractivity contribution in [3.63, 3.8) is 0 Å². The van der Waals surface area contributed by atoms with Crippen molar-refractivity contribution in [1.29, 1.82) is 0 Å². The molecule has 1 aromatic heterocycles. The Kier molecular flexibility index (Phi) is 8.47. The monoisotopic (exact) mass is 388 g/mol. The van der Waals surface area contributed by atoms with Gasteiger partial charge < -0.3 is 25.2 Å². The molecule has 0 radical (unpaired) electrons. The number of unbranched alkanes of at least 4 members (excludes halogenated alkanes) is 1. The summed E-state index contributed by atoms with van der Waals surface area (Å²) in [6.45, 7) is 9.65. The number of hydrogen-bond acceptors (Lipinski definition) is 7. The Morgan fingerprint density at radius 1 is 1.14 bits per heavy atom. The normalized spacial score (nSPS) is 11.3. The Labute approximate surface area is 167 Å². The van der Waals surface area contributed by atoms with E-state index in [1.165, 1.54) is 0 Å². The molecule has 0 atom stereocenters. The van der Waals surface area contributed by atoms with E-state index in [1.54, 1.807) is 6.20 Å². The summed E-state index contributed by atoms with van der Waals surface area (Å²) in [7, 11) is 0. The van der Waals surface area contributed by atoms with Gasteiger partial charge in [0.05, 0.1) is 18.4 Å². The smallest absolute Gasteiger partial charge is 0.226 e. The summed E-state index contributed by atoms with van der Waals surface area (Å²) in [6, 6.07) is 7.67. The Hall–Kier alpha value is -2.38. The minimum absolute atomic E-state index is 0.0117. The molecule has 2 aromatic rings. The Bertz CT molecular complexity index is 732. The van der Waals surface area contributed by atoms with E-state index >= 15 is 0 Å². The third kappa shape index (κ3) is 7.70. The van der Waals surface area contributed by atoms with Crippen LogP contribution in [0, 0.1) is 0 Å². The molecule has 154 valence electrons. The van der Waals surface area contributed by atoms with E-state index in [9.17, 15) is 5.11 Å². The highest BCUT2D eigenvalue weighted by Gasteiger charge is 2.12. The summed E-state index contributed by atoms with van der Waals surface area (Å²) in [6.07, 6.45) is 3.79. The van der Waals surface area contributed by atoms with Crippen LogP contribution in [0.4, 0.5) is 11.8 Å². The first-order valence-electron chi connectivity index (χ1n) is 9.71. The van der Waals surface area contributed by atoms with Crippen LogP contribution in [0.1, 0.15) is 51.7 Å². The number of aromatic nitrogens is 2. The minimum Gasteiger partial charge on any atom is -0.483 e. The van der Waals surface area contributed by atoms with Crippen molar-refractivity contribution >= 4 is 11.8 Å². The molecule has 0 fully saturated rings. The Morgan fingerprint density at radius 2 is 1.93 bits per heavy atom. The first-order chi connectivity index (χ1) is 13.4. The van der Waals surface area contributed by atoms with Gasteiger partial charge in [-0.2, -0.15) is 4.98 Å². The van der Waals surface area contributed by atoms with Gasteiger partial charge in [-0.15, -0.1) is 0 Å². The SMILES string of the molecule is CCCCNc1nc(NCOC(C)(C)C)ncc1OCc1cccc(CO)c1. The van der Waals surface area contributed by atoms with Crippen molar-refractivity contribution in [3.05, 3.63) is 41.6 Å². The van der Waals surface area contributed by atoms with Gasteiger partial charge in [0.15, 0.2) is 11.6 Å². The van der Waals surface area contributed by atoms with Gasteiger partial charge in [0.2, 0.25) is 5.95 Å². The van der Waals surface area contributed by atoms with Crippen molar-refractivity contribution < 1.29 is 14.6 Å². The summed E-state index contributed by atoms with van der Waals surface area (Å²) in [5.74, 6) is 1.73. The molecule has 1 heterocycles. The highest BCUT2D eigenvalue weighted by molar-refractivity contribution is 5.52. The molecular weight excluding hydrogens is 356 g/mol. The third-order valence-electron chi connectivity index (χ3n) is 3.88. The molecule has 0 aliphatic carbocycles. The van der Waals surface area contributed by atoms with Gasteiger partial charge >= 0.3 is 0 Å². The van der Waals surface area contributed by atoms with E-state index in [4.69, 9.17) is 9.47 Å². The summed E-state index contributed by atoms with van der Waals surface area (Å²) >= 11 is 0. The summed E-state index contributed by atoms with van der Waals surface area (Å²) in [4.78, 5) is 8.86. The standard InChI is InChI=1S/C21H32N4O3/c1-5-6-10-22-19-18(27-14-17-9-7-8-16(11-17)13-26)12-23-20(25-19)24-15-28-21(2,3)4/h7-9,11-12,26H,5-6,10,13-15H2,1-4H3,(H2,22,23,24,25). The van der Waals surface area contributed by atoms with Crippen LogP contribution in [0.3, 0.4) is 0 Å². The average molecular weight is 389 g/mol. The zero-order chi connectivity index (χ0) is 20.4. The van der Waals surface area contributed by atoms with Gasteiger partial charge in [0.25, 0.3) is 0 Å². The first kappa shape index (κ1) is 21.9. The van der Waals surface area contributed by atoms with Gasteiger partial charge in [-0.05, 0) is 38.3 Å². The maximum Gasteiger partial charge on any atom is 0.226 e. The first-order valence-corrected chi connectivity index (χ1v) is 9.71. The number of benzene rings is 1. The van der Waals surface area contributed by atoms with Crippen LogP contribution in [0.2, 0.25) is 0 Å². The highest BCUT2D eigenvalue weighted by Crippen LogP contribution is 2.24. The quantitative estimate of drug-likeness (QED) is 0.397. The molecule has 0 bridgehead atoms. The molecule has 0 saturated heterocycles. The topological polar surface area (TPSA) is 88.5 Å². The number of nitrogens with one attached hydrogen (secondary N) is 2. The predicted octanol–water partition coefficient (Wildman–Crippen LogP) is 3.94. The lowest BCUT2D eigenvalue weighted by molar-refractivity contribution is 0.00820. The van der Waals surface area contributed by atoms with Crippen molar-refractivity contribution in [1.82, 2.24) is 9.97 Å². The third-order valence-corrected chi connectivity index (χ3v) is 3.88. The molecule has 1 aromatic carbocycles. The van der Waals surface area contributed by atoms with Crippen LogP contribution < -0.4 is 15.4 Å². The largest absolute Gasteiger partial charge is 0.483 e. The summed E-state index contributed by atoms with van der Waals surface area (Å²) in [5.41, 5.74) is 1.60. The highest BCUT2D eigenvalue weighted by atomic mass is 16.5. The molecule has 0 amide bonds. The minimum atomic E-state index is -0.235. The van der Waals surface area contributed by atoms with Crippen LogP contribution in [0.15, 0.2) is 30.5 Å². The molecule has 28 heavy (non-hydrogen) atoms. The molecule has 0 aliphatic heterocycles. The number of rotatable bonds is 11. The lowest BCUT2D eigenvalue weighted by atomic mass is 10.1. The summed E-state index contributed by atoms with van der Waals surface area (Å²) in [5, 5.41) is 15.7. The van der Waals surface area contributed by atoms with Crippen molar-refractivity contribution in [2.45, 2.75) is 59.4 Å². The number of ether oxygens (including phenoxy) is 2. The number of aliphatic hydroxyl groups excluding tert-OH is 1. The number of aliphatic hydroxyl groups is 1. The van der Waals surface area contributed by atoms with Crippen molar-refractivity contribution in [2.24, 2.45) is 0 Å². The maximum atomic E-state index is 9.28. The summed E-state index contributed by atoms with van der Waals surface area (Å²) < 4.78 is 11.6. The van der Waals surface area contributed by atoms with Crippen LogP contribution in [-0.2, 0) is 18.0 Å². The second-order valence-corrected chi connectivity index (χ2v) is 7.53. The number of nitrogens with zero attached hydrogens (tertiary/aromatic N) is 2. The zero-order valence-electron chi connectivity index (χ0n) is 17.3. The Balaban J connectivity index is 2.05. The van der Waals surface area contributed by atoms with E-state index < -0.39 is 0 Å². The van der Waals surface area contributed by atoms with Gasteiger partial charge in [-0.3, -0.25) is 0 Å². The molecule has 3 N–H and O–H groups in total. The van der Waals surface area contributed by atoms with Crippen LogP contribution in [-0.4, -0.2) is 34.0 Å². The van der Waals surface area contributed by atoms with Crippen LogP contribution in [0.25, 0.3) is 0 Å². The second-order valence-electron chi connectivity index (χ2n) is 7.53. The molecule has 0 unspecified atom stereocenters. The lowest BCUT2D eigenvalue weighted by Crippen LogP contribution is -2.23. The fraction of sp³-hybridized carbons (Fsp3) is 0.524. The van der Waals surface area contributed by atoms with Crippen LogP contribution in [0.5, 0.6) is 5.75 Å². The van der Waals surface area contributed by atoms with E-state index in [1.807, 2.05) is 45.0 Å². The predicted molar refractivity (Wildman–Crippen MR) is 111 cm³/mol. The Morgan fingerprint density at radius 3 is 2.64 bits per heavy atom. The lowest BCUT2D eigenvalue weighted by Gasteiger charge is -2.20. The maximum absolute atomic E-state index is 9.28. The van der Waals surface area contributed by atoms with Gasteiger partial charge in [0, 0.05) is 6.54 Å². The van der Waals surface area contributed by atoms with Crippen molar-refractivity contribution in [3.8, 4) is 5.75 Å². The average Bonchev–Trinajstić information content (AvgIpc) is 2.66. The van der Waals surface area contributed by atoms with E-state index in [-0.39, 0.29) is 12.2 Å². The molecular formula is C21H32N4O3. The van der Waals surface area contributed by atoms with E-state index in [0.29, 0.717) is 30.9 Å². The molecule has 2 rings (SSSR count). The van der Waals surface area contributed by atoms with Crippen molar-refractivity contribution in [2.75, 3.05) is 23.9 Å². The molecule has 0 spiro atoms. The fourth-order valence-electron chi connectivity index (χ4n) is 2.37. The van der Waals surface area contributed by atoms with Crippen LogP contribution >= 0.6 is 0 Å². The van der Waals surface area contributed by atoms with Gasteiger partial charge in [-0.25, -0.2) is 4.98 Å². The van der Waals surface area contributed by atoms with Gasteiger partial charge in [0.1, 0.15) is 13.3 Å².